The Morgan fingerprint density at radius 2 is 0.522 bits per heavy atom. The van der Waals surface area contributed by atoms with Gasteiger partial charge < -0.3 is 33.8 Å². The molecule has 0 bridgehead atoms. The minimum atomic E-state index is -4.95. The van der Waals surface area contributed by atoms with E-state index in [0.29, 0.717) is 31.6 Å². The molecule has 0 saturated carbocycles. The molecule has 546 valence electrons. The first-order valence-electron chi connectivity index (χ1n) is 37.7. The van der Waals surface area contributed by atoms with E-state index in [9.17, 15) is 43.2 Å². The molecular formula is C73H142O17P2. The van der Waals surface area contributed by atoms with Crippen LogP contribution in [0.15, 0.2) is 0 Å². The minimum absolute atomic E-state index is 0.102. The van der Waals surface area contributed by atoms with E-state index < -0.39 is 97.5 Å². The molecule has 0 fully saturated rings. The van der Waals surface area contributed by atoms with Gasteiger partial charge in [0.05, 0.1) is 26.4 Å². The Kier molecular flexibility index (Phi) is 61.3. The van der Waals surface area contributed by atoms with Crippen LogP contribution in [0, 0.1) is 23.7 Å². The Morgan fingerprint density at radius 1 is 0.304 bits per heavy atom. The number of aliphatic hydroxyl groups excluding tert-OH is 1. The van der Waals surface area contributed by atoms with E-state index in [-0.39, 0.29) is 25.7 Å². The van der Waals surface area contributed by atoms with Crippen LogP contribution in [0.2, 0.25) is 0 Å². The first-order chi connectivity index (χ1) is 44.1. The maximum Gasteiger partial charge on any atom is 0.472 e. The van der Waals surface area contributed by atoms with Crippen LogP contribution < -0.4 is 0 Å². The van der Waals surface area contributed by atoms with Crippen molar-refractivity contribution in [3.05, 3.63) is 0 Å². The molecule has 4 unspecified atom stereocenters. The first-order valence-corrected chi connectivity index (χ1v) is 40.7. The monoisotopic (exact) mass is 1350 g/mol. The summed E-state index contributed by atoms with van der Waals surface area (Å²) in [6.07, 6.45) is 46.2. The predicted molar refractivity (Wildman–Crippen MR) is 372 cm³/mol. The normalized spacial score (nSPS) is 14.5. The average Bonchev–Trinajstić information content (AvgIpc) is 3.37. The molecule has 0 amide bonds. The van der Waals surface area contributed by atoms with Crippen molar-refractivity contribution >= 4 is 39.5 Å². The van der Waals surface area contributed by atoms with Gasteiger partial charge in [0.15, 0.2) is 12.2 Å². The largest absolute Gasteiger partial charge is 0.472 e. The van der Waals surface area contributed by atoms with Gasteiger partial charge in [-0.2, -0.15) is 0 Å². The van der Waals surface area contributed by atoms with Crippen molar-refractivity contribution in [2.75, 3.05) is 39.6 Å². The molecule has 6 atom stereocenters. The lowest BCUT2D eigenvalue weighted by atomic mass is 10.00. The molecular weight excluding hydrogens is 1210 g/mol. The zero-order valence-corrected chi connectivity index (χ0v) is 62.0. The van der Waals surface area contributed by atoms with Gasteiger partial charge in [-0.1, -0.05) is 312 Å². The van der Waals surface area contributed by atoms with Gasteiger partial charge in [-0.15, -0.1) is 0 Å². The molecule has 0 aliphatic carbocycles. The highest BCUT2D eigenvalue weighted by atomic mass is 31.2. The quantitative estimate of drug-likeness (QED) is 0.0222. The molecule has 17 nitrogen and oxygen atoms in total. The second-order valence-electron chi connectivity index (χ2n) is 28.0. The van der Waals surface area contributed by atoms with Crippen LogP contribution in [-0.2, 0) is 65.4 Å². The van der Waals surface area contributed by atoms with Crippen molar-refractivity contribution in [1.82, 2.24) is 0 Å². The Hall–Kier alpha value is -1.94. The van der Waals surface area contributed by atoms with Crippen molar-refractivity contribution in [3.63, 3.8) is 0 Å². The van der Waals surface area contributed by atoms with E-state index in [1.54, 1.807) is 0 Å². The summed E-state index contributed by atoms with van der Waals surface area (Å²) in [4.78, 5) is 72.6. The zero-order valence-electron chi connectivity index (χ0n) is 60.2. The molecule has 3 N–H and O–H groups in total. The summed E-state index contributed by atoms with van der Waals surface area (Å²) in [6, 6.07) is 0. The van der Waals surface area contributed by atoms with Gasteiger partial charge in [-0.3, -0.25) is 37.3 Å². The number of unbranched alkanes of at least 4 members (excludes halogenated alkanes) is 35. The highest BCUT2D eigenvalue weighted by molar-refractivity contribution is 7.47. The van der Waals surface area contributed by atoms with Crippen molar-refractivity contribution in [2.24, 2.45) is 23.7 Å². The lowest BCUT2D eigenvalue weighted by Crippen LogP contribution is -2.30. The molecule has 0 heterocycles. The van der Waals surface area contributed by atoms with Crippen molar-refractivity contribution < 1.29 is 80.2 Å². The number of carbonyl (C=O) groups is 4. The van der Waals surface area contributed by atoms with Crippen LogP contribution in [0.3, 0.4) is 0 Å². The second kappa shape index (κ2) is 62.6. The lowest BCUT2D eigenvalue weighted by molar-refractivity contribution is -0.161. The second-order valence-corrected chi connectivity index (χ2v) is 30.9. The van der Waals surface area contributed by atoms with Gasteiger partial charge in [0.1, 0.15) is 19.3 Å². The smallest absolute Gasteiger partial charge is 0.462 e. The van der Waals surface area contributed by atoms with Gasteiger partial charge >= 0.3 is 39.5 Å². The van der Waals surface area contributed by atoms with E-state index in [1.807, 2.05) is 0 Å². The summed E-state index contributed by atoms with van der Waals surface area (Å²) in [5.41, 5.74) is 0. The summed E-state index contributed by atoms with van der Waals surface area (Å²) < 4.78 is 68.3. The molecule has 0 radical (unpaired) electrons. The highest BCUT2D eigenvalue weighted by Gasteiger charge is 2.30. The molecule has 0 aliphatic rings. The van der Waals surface area contributed by atoms with Crippen molar-refractivity contribution in [3.8, 4) is 0 Å². The number of hydrogen-bond acceptors (Lipinski definition) is 15. The van der Waals surface area contributed by atoms with Crippen LogP contribution in [-0.4, -0.2) is 96.7 Å². The average molecular weight is 1350 g/mol. The third kappa shape index (κ3) is 65.4. The third-order valence-electron chi connectivity index (χ3n) is 17.2. The number of hydrogen-bond donors (Lipinski definition) is 3. The van der Waals surface area contributed by atoms with Crippen LogP contribution in [0.4, 0.5) is 0 Å². The summed E-state index contributed by atoms with van der Waals surface area (Å²) >= 11 is 0. The van der Waals surface area contributed by atoms with Crippen LogP contribution in [0.25, 0.3) is 0 Å². The van der Waals surface area contributed by atoms with Gasteiger partial charge in [-0.25, -0.2) is 9.13 Å². The Bertz CT molecular complexity index is 1820. The summed E-state index contributed by atoms with van der Waals surface area (Å²) in [7, 11) is -9.90. The number of aliphatic hydroxyl groups is 1. The Labute approximate surface area is 562 Å². The van der Waals surface area contributed by atoms with E-state index in [2.05, 4.69) is 55.4 Å². The van der Waals surface area contributed by atoms with Crippen LogP contribution in [0.1, 0.15) is 364 Å². The van der Waals surface area contributed by atoms with E-state index in [0.717, 1.165) is 114 Å². The SMILES string of the molecule is CCC(C)CCCCCCCCC(=O)O[C@H](COC(=O)CCCCCCCCCCC(C)C)COP(=O)(O)OCC(O)COP(=O)(O)OC[C@@H](COC(=O)CCCCCCCCCC(C)C)OC(=O)CCCCCCCCCCCCCCCCCCCCC(C)C. The number of esters is 4. The van der Waals surface area contributed by atoms with Crippen molar-refractivity contribution in [2.45, 2.75) is 382 Å². The molecule has 0 spiro atoms. The fraction of sp³-hybridized carbons (Fsp3) is 0.945. The van der Waals surface area contributed by atoms with Crippen molar-refractivity contribution in [1.29, 1.82) is 0 Å². The molecule has 0 rings (SSSR count). The fourth-order valence-corrected chi connectivity index (χ4v) is 12.6. The molecule has 19 heteroatoms. The fourth-order valence-electron chi connectivity index (χ4n) is 11.0. The Balaban J connectivity index is 5.17. The lowest BCUT2D eigenvalue weighted by Gasteiger charge is -2.21. The maximum atomic E-state index is 13.0. The first kappa shape index (κ1) is 90.1. The predicted octanol–water partition coefficient (Wildman–Crippen LogP) is 20.9. The standard InChI is InChI=1S/C73H142O17P2/c1-9-66(8)52-44-36-31-32-40-48-56-73(78)90-69(60-83-70(75)53-45-37-28-23-22-26-34-42-50-64(4)5)62-88-92(81,82)86-58-67(74)57-85-91(79,80)87-61-68(59-84-71(76)54-46-38-30-24-27-35-43-51-65(6)7)89-72(77)55-47-39-29-21-19-17-15-13-11-10-12-14-16-18-20-25-33-41-49-63(2)3/h63-69,74H,9-62H2,1-8H3,(H,79,80)(H,81,82)/t66?,67?,68-,69-/m1/s1. The van der Waals surface area contributed by atoms with E-state index in [1.165, 1.54) is 161 Å². The molecule has 0 aromatic carbocycles. The number of carbonyl (C=O) groups excluding carboxylic acids is 4. The highest BCUT2D eigenvalue weighted by Crippen LogP contribution is 2.45. The molecule has 0 aromatic heterocycles. The summed E-state index contributed by atoms with van der Waals surface area (Å²) in [5, 5.41) is 10.6. The number of rotatable bonds is 70. The molecule has 0 aliphatic heterocycles. The van der Waals surface area contributed by atoms with Gasteiger partial charge in [-0.05, 0) is 49.4 Å². The van der Waals surface area contributed by atoms with Gasteiger partial charge in [0.25, 0.3) is 0 Å². The molecule has 92 heavy (non-hydrogen) atoms. The number of ether oxygens (including phenoxy) is 4. The molecule has 0 saturated heterocycles. The molecule has 0 aromatic rings. The summed E-state index contributed by atoms with van der Waals surface area (Å²) in [6.45, 7) is 14.1. The maximum absolute atomic E-state index is 13.0. The third-order valence-corrected chi connectivity index (χ3v) is 19.1. The number of phosphoric acid groups is 2. The summed E-state index contributed by atoms with van der Waals surface area (Å²) in [5.74, 6) is 0.841. The minimum Gasteiger partial charge on any atom is -0.462 e. The zero-order chi connectivity index (χ0) is 68.2. The van der Waals surface area contributed by atoms with Crippen LogP contribution in [0.5, 0.6) is 0 Å². The van der Waals surface area contributed by atoms with Gasteiger partial charge in [0.2, 0.25) is 0 Å². The van der Waals surface area contributed by atoms with E-state index >= 15 is 0 Å². The van der Waals surface area contributed by atoms with E-state index in [4.69, 9.17) is 37.0 Å². The Morgan fingerprint density at radius 3 is 0.772 bits per heavy atom. The van der Waals surface area contributed by atoms with Gasteiger partial charge in [0, 0.05) is 25.7 Å². The topological polar surface area (TPSA) is 237 Å². The number of phosphoric ester groups is 2. The van der Waals surface area contributed by atoms with Crippen LogP contribution >= 0.6 is 15.6 Å².